The van der Waals surface area contributed by atoms with Crippen molar-refractivity contribution < 1.29 is 14.2 Å². The summed E-state index contributed by atoms with van der Waals surface area (Å²) in [7, 11) is 0. The molecule has 0 aliphatic carbocycles. The zero-order valence-electron chi connectivity index (χ0n) is 15.7. The van der Waals surface area contributed by atoms with Crippen LogP contribution in [0.25, 0.3) is 16.6 Å². The smallest absolute Gasteiger partial charge is 0.173 e. The molecular formula is C20H19ClFN5O2. The van der Waals surface area contributed by atoms with Gasteiger partial charge in [-0.2, -0.15) is 5.10 Å². The molecule has 9 heteroatoms. The SMILES string of the molecule is Cc1cn2cc(Nc3nn(C4CCCCO4)c4cc(O)cc(Cl)c34)cc(F)c2n1. The summed E-state index contributed by atoms with van der Waals surface area (Å²) in [6.07, 6.45) is 6.11. The average molecular weight is 416 g/mol. The van der Waals surface area contributed by atoms with Gasteiger partial charge in [-0.15, -0.1) is 0 Å². The lowest BCUT2D eigenvalue weighted by Gasteiger charge is -2.23. The molecule has 3 aromatic heterocycles. The Morgan fingerprint density at radius 2 is 2.14 bits per heavy atom. The van der Waals surface area contributed by atoms with Gasteiger partial charge in [-0.25, -0.2) is 14.1 Å². The van der Waals surface area contributed by atoms with Crippen LogP contribution in [0.5, 0.6) is 5.75 Å². The number of hydrogen-bond donors (Lipinski definition) is 2. The second kappa shape index (κ2) is 6.89. The van der Waals surface area contributed by atoms with Crippen molar-refractivity contribution in [3.05, 3.63) is 47.1 Å². The van der Waals surface area contributed by atoms with Crippen molar-refractivity contribution in [2.75, 3.05) is 11.9 Å². The first-order chi connectivity index (χ1) is 14.0. The van der Waals surface area contributed by atoms with E-state index in [1.165, 1.54) is 12.1 Å². The van der Waals surface area contributed by atoms with Gasteiger partial charge in [0.2, 0.25) is 0 Å². The number of hydrogen-bond acceptors (Lipinski definition) is 5. The molecule has 4 heterocycles. The van der Waals surface area contributed by atoms with Crippen LogP contribution < -0.4 is 5.32 Å². The zero-order valence-corrected chi connectivity index (χ0v) is 16.4. The largest absolute Gasteiger partial charge is 0.508 e. The molecule has 5 rings (SSSR count). The Morgan fingerprint density at radius 1 is 1.28 bits per heavy atom. The molecular weight excluding hydrogens is 397 g/mol. The maximum absolute atomic E-state index is 14.5. The number of anilines is 2. The van der Waals surface area contributed by atoms with Gasteiger partial charge < -0.3 is 19.6 Å². The molecule has 1 fully saturated rings. The summed E-state index contributed by atoms with van der Waals surface area (Å²) in [5.74, 6) is 0.0771. The number of benzene rings is 1. The third-order valence-electron chi connectivity index (χ3n) is 5.06. The van der Waals surface area contributed by atoms with Crippen molar-refractivity contribution in [1.29, 1.82) is 0 Å². The Bertz CT molecular complexity index is 1230. The predicted octanol–water partition coefficient (Wildman–Crippen LogP) is 4.93. The molecule has 0 radical (unpaired) electrons. The summed E-state index contributed by atoms with van der Waals surface area (Å²) in [5, 5.41) is 18.9. The van der Waals surface area contributed by atoms with Crippen LogP contribution in [0.3, 0.4) is 0 Å². The highest BCUT2D eigenvalue weighted by Gasteiger charge is 2.23. The maximum atomic E-state index is 14.5. The number of aromatic nitrogens is 4. The number of pyridine rings is 1. The fraction of sp³-hybridized carbons (Fsp3) is 0.300. The monoisotopic (exact) mass is 415 g/mol. The van der Waals surface area contributed by atoms with Gasteiger partial charge in [0.1, 0.15) is 5.75 Å². The van der Waals surface area contributed by atoms with Crippen LogP contribution in [0.2, 0.25) is 5.02 Å². The van der Waals surface area contributed by atoms with Gasteiger partial charge in [-0.1, -0.05) is 11.6 Å². The van der Waals surface area contributed by atoms with Crippen molar-refractivity contribution in [3.8, 4) is 5.75 Å². The lowest BCUT2D eigenvalue weighted by atomic mass is 10.2. The number of phenols is 1. The Balaban J connectivity index is 1.63. The van der Waals surface area contributed by atoms with Crippen molar-refractivity contribution in [1.82, 2.24) is 19.2 Å². The first kappa shape index (κ1) is 18.2. The van der Waals surface area contributed by atoms with Gasteiger partial charge in [0, 0.05) is 31.1 Å². The molecule has 1 saturated heterocycles. The van der Waals surface area contributed by atoms with Crippen molar-refractivity contribution in [3.63, 3.8) is 0 Å². The normalized spacial score (nSPS) is 17.3. The van der Waals surface area contributed by atoms with Crippen LogP contribution in [0.1, 0.15) is 31.2 Å². The molecule has 1 unspecified atom stereocenters. The fourth-order valence-electron chi connectivity index (χ4n) is 3.81. The number of aromatic hydroxyl groups is 1. The van der Waals surface area contributed by atoms with Crippen LogP contribution >= 0.6 is 11.6 Å². The number of phenolic OH excluding ortho intramolecular Hbond substituents is 1. The third kappa shape index (κ3) is 3.18. The number of nitrogens with one attached hydrogen (secondary N) is 1. The number of nitrogens with zero attached hydrogens (tertiary/aromatic N) is 4. The van der Waals surface area contributed by atoms with Crippen LogP contribution in [0, 0.1) is 12.7 Å². The van der Waals surface area contributed by atoms with Crippen LogP contribution in [0.15, 0.2) is 30.6 Å². The summed E-state index contributed by atoms with van der Waals surface area (Å²) in [5.41, 5.74) is 2.16. The van der Waals surface area contributed by atoms with Crippen LogP contribution in [-0.2, 0) is 4.74 Å². The first-order valence-corrected chi connectivity index (χ1v) is 9.81. The summed E-state index contributed by atoms with van der Waals surface area (Å²) >= 11 is 6.43. The molecule has 0 bridgehead atoms. The highest BCUT2D eigenvalue weighted by molar-refractivity contribution is 6.36. The van der Waals surface area contributed by atoms with E-state index in [1.807, 2.05) is 6.92 Å². The lowest BCUT2D eigenvalue weighted by Crippen LogP contribution is -2.19. The van der Waals surface area contributed by atoms with Gasteiger partial charge >= 0.3 is 0 Å². The van der Waals surface area contributed by atoms with Crippen LogP contribution in [-0.4, -0.2) is 30.9 Å². The molecule has 1 aliphatic rings. The highest BCUT2D eigenvalue weighted by atomic mass is 35.5. The summed E-state index contributed by atoms with van der Waals surface area (Å²) in [4.78, 5) is 4.17. The summed E-state index contributed by atoms with van der Waals surface area (Å²) in [6, 6.07) is 4.45. The highest BCUT2D eigenvalue weighted by Crippen LogP contribution is 2.38. The van der Waals surface area contributed by atoms with Gasteiger partial charge in [0.25, 0.3) is 0 Å². The minimum Gasteiger partial charge on any atom is -0.508 e. The minimum absolute atomic E-state index is 0.0485. The summed E-state index contributed by atoms with van der Waals surface area (Å²) < 4.78 is 23.7. The van der Waals surface area contributed by atoms with E-state index in [4.69, 9.17) is 16.3 Å². The van der Waals surface area contributed by atoms with E-state index in [9.17, 15) is 9.50 Å². The molecule has 1 aromatic carbocycles. The Hall–Kier alpha value is -2.84. The van der Waals surface area contributed by atoms with Crippen molar-refractivity contribution in [2.45, 2.75) is 32.4 Å². The molecule has 29 heavy (non-hydrogen) atoms. The van der Waals surface area contributed by atoms with Gasteiger partial charge in [0.05, 0.1) is 27.3 Å². The predicted molar refractivity (Wildman–Crippen MR) is 108 cm³/mol. The van der Waals surface area contributed by atoms with Crippen LogP contribution in [0.4, 0.5) is 15.9 Å². The van der Waals surface area contributed by atoms with E-state index in [0.717, 1.165) is 25.0 Å². The van der Waals surface area contributed by atoms with E-state index in [2.05, 4.69) is 15.4 Å². The number of rotatable bonds is 3. The van der Waals surface area contributed by atoms with Crippen molar-refractivity contribution in [2.24, 2.45) is 0 Å². The van der Waals surface area contributed by atoms with E-state index >= 15 is 0 Å². The average Bonchev–Trinajstić information content (AvgIpc) is 3.23. The Morgan fingerprint density at radius 3 is 2.93 bits per heavy atom. The van der Waals surface area contributed by atoms with E-state index in [1.54, 1.807) is 27.5 Å². The zero-order chi connectivity index (χ0) is 20.1. The molecule has 4 aromatic rings. The van der Waals surface area contributed by atoms with E-state index in [-0.39, 0.29) is 17.6 Å². The number of fused-ring (bicyclic) bond motifs is 2. The fourth-order valence-corrected chi connectivity index (χ4v) is 4.11. The number of ether oxygens (including phenoxy) is 1. The minimum atomic E-state index is -0.439. The number of halogens is 2. The topological polar surface area (TPSA) is 76.6 Å². The molecule has 1 aliphatic heterocycles. The third-order valence-corrected chi connectivity index (χ3v) is 5.36. The Kier molecular flexibility index (Phi) is 4.33. The van der Waals surface area contributed by atoms with Crippen molar-refractivity contribution >= 4 is 39.7 Å². The second-order valence-electron chi connectivity index (χ2n) is 7.25. The molecule has 0 spiro atoms. The number of aryl methyl sites for hydroxylation is 1. The molecule has 1 atom stereocenters. The first-order valence-electron chi connectivity index (χ1n) is 9.44. The van der Waals surface area contributed by atoms with Gasteiger partial charge in [-0.05, 0) is 32.3 Å². The van der Waals surface area contributed by atoms with E-state index in [0.29, 0.717) is 34.0 Å². The second-order valence-corrected chi connectivity index (χ2v) is 7.66. The quantitative estimate of drug-likeness (QED) is 0.496. The molecule has 2 N–H and O–H groups in total. The number of imidazole rings is 1. The molecule has 150 valence electrons. The Labute approximate surface area is 170 Å². The summed E-state index contributed by atoms with van der Waals surface area (Å²) in [6.45, 7) is 2.47. The molecule has 7 nitrogen and oxygen atoms in total. The van der Waals surface area contributed by atoms with Gasteiger partial charge in [-0.3, -0.25) is 0 Å². The molecule has 0 saturated carbocycles. The molecule has 0 amide bonds. The van der Waals surface area contributed by atoms with E-state index < -0.39 is 5.82 Å². The lowest BCUT2D eigenvalue weighted by molar-refractivity contribution is -0.0365. The standard InChI is InChI=1S/C20H19ClFN5O2/c1-11-9-26-10-12(6-15(22)20(26)23-11)24-19-18-14(21)7-13(28)8-16(18)27(25-19)17-4-2-3-5-29-17/h6-10,17,28H,2-5H2,1H3,(H,24,25). The maximum Gasteiger partial charge on any atom is 0.173 e. The van der Waals surface area contributed by atoms with Gasteiger partial charge in [0.15, 0.2) is 23.5 Å².